The number of nitrogens with one attached hydrogen (secondary N) is 2. The highest BCUT2D eigenvalue weighted by atomic mass is 16.5. The second-order valence-corrected chi connectivity index (χ2v) is 4.71. The number of ether oxygens (including phenoxy) is 1. The van der Waals surface area contributed by atoms with E-state index in [1.54, 1.807) is 48.5 Å². The SMILES string of the molecule is COC(=O)c1cccc(NC=C(C#N)C(=O)Nc2ccccc2)c1. The van der Waals surface area contributed by atoms with Crippen LogP contribution in [-0.4, -0.2) is 19.0 Å². The first kappa shape index (κ1) is 16.8. The van der Waals surface area contributed by atoms with E-state index in [0.29, 0.717) is 16.9 Å². The largest absolute Gasteiger partial charge is 0.465 e. The fourth-order valence-electron chi connectivity index (χ4n) is 1.88. The van der Waals surface area contributed by atoms with Crippen LogP contribution in [0.5, 0.6) is 0 Å². The predicted molar refractivity (Wildman–Crippen MR) is 90.2 cm³/mol. The number of esters is 1. The van der Waals surface area contributed by atoms with E-state index in [-0.39, 0.29) is 5.57 Å². The van der Waals surface area contributed by atoms with Crippen LogP contribution in [0.15, 0.2) is 66.4 Å². The third-order valence-electron chi connectivity index (χ3n) is 3.06. The van der Waals surface area contributed by atoms with Crippen molar-refractivity contribution in [2.75, 3.05) is 17.7 Å². The summed E-state index contributed by atoms with van der Waals surface area (Å²) in [5.74, 6) is -0.995. The molecule has 2 aromatic carbocycles. The Hall–Kier alpha value is -3.59. The van der Waals surface area contributed by atoms with Crippen molar-refractivity contribution in [2.24, 2.45) is 0 Å². The van der Waals surface area contributed by atoms with Gasteiger partial charge in [-0.1, -0.05) is 24.3 Å². The number of para-hydroxylation sites is 1. The first-order valence-corrected chi connectivity index (χ1v) is 7.05. The molecular weight excluding hydrogens is 306 g/mol. The van der Waals surface area contributed by atoms with Gasteiger partial charge in [-0.25, -0.2) is 4.79 Å². The molecule has 2 N–H and O–H groups in total. The van der Waals surface area contributed by atoms with Crippen LogP contribution in [-0.2, 0) is 9.53 Å². The lowest BCUT2D eigenvalue weighted by Crippen LogP contribution is -2.14. The van der Waals surface area contributed by atoms with Crippen LogP contribution >= 0.6 is 0 Å². The number of amides is 1. The van der Waals surface area contributed by atoms with Gasteiger partial charge >= 0.3 is 5.97 Å². The minimum Gasteiger partial charge on any atom is -0.465 e. The van der Waals surface area contributed by atoms with Crippen molar-refractivity contribution in [3.63, 3.8) is 0 Å². The average Bonchev–Trinajstić information content (AvgIpc) is 2.62. The molecule has 0 unspecified atom stereocenters. The summed E-state index contributed by atoms with van der Waals surface area (Å²) in [6, 6.07) is 17.2. The molecule has 0 aliphatic rings. The molecule has 0 bridgehead atoms. The van der Waals surface area contributed by atoms with Crippen molar-refractivity contribution in [1.29, 1.82) is 5.26 Å². The summed E-state index contributed by atoms with van der Waals surface area (Å²) < 4.78 is 4.64. The van der Waals surface area contributed by atoms with E-state index >= 15 is 0 Å². The van der Waals surface area contributed by atoms with Gasteiger partial charge in [0.1, 0.15) is 11.6 Å². The summed E-state index contributed by atoms with van der Waals surface area (Å²) in [6.45, 7) is 0. The van der Waals surface area contributed by atoms with Gasteiger partial charge in [-0.05, 0) is 30.3 Å². The Balaban J connectivity index is 2.10. The third-order valence-corrected chi connectivity index (χ3v) is 3.06. The number of methoxy groups -OCH3 is 1. The van der Waals surface area contributed by atoms with Crippen LogP contribution in [0.1, 0.15) is 10.4 Å². The first-order valence-electron chi connectivity index (χ1n) is 7.05. The van der Waals surface area contributed by atoms with Crippen LogP contribution in [0.25, 0.3) is 0 Å². The molecule has 0 spiro atoms. The monoisotopic (exact) mass is 321 g/mol. The number of hydrogen-bond donors (Lipinski definition) is 2. The molecule has 120 valence electrons. The summed E-state index contributed by atoms with van der Waals surface area (Å²) in [6.07, 6.45) is 1.29. The van der Waals surface area contributed by atoms with Crippen LogP contribution in [0, 0.1) is 11.3 Å². The number of anilines is 2. The molecule has 0 saturated carbocycles. The zero-order valence-corrected chi connectivity index (χ0v) is 12.9. The summed E-state index contributed by atoms with van der Waals surface area (Å²) >= 11 is 0. The lowest BCUT2D eigenvalue weighted by molar-refractivity contribution is -0.112. The third kappa shape index (κ3) is 4.45. The maximum Gasteiger partial charge on any atom is 0.337 e. The van der Waals surface area contributed by atoms with E-state index < -0.39 is 11.9 Å². The van der Waals surface area contributed by atoms with Crippen molar-refractivity contribution >= 4 is 23.3 Å². The van der Waals surface area contributed by atoms with E-state index in [2.05, 4.69) is 15.4 Å². The molecule has 0 aliphatic carbocycles. The highest BCUT2D eigenvalue weighted by Crippen LogP contribution is 2.13. The van der Waals surface area contributed by atoms with Gasteiger partial charge in [0.05, 0.1) is 12.7 Å². The maximum absolute atomic E-state index is 12.1. The van der Waals surface area contributed by atoms with E-state index in [0.717, 1.165) is 0 Å². The van der Waals surface area contributed by atoms with Crippen molar-refractivity contribution in [1.82, 2.24) is 0 Å². The molecule has 6 heteroatoms. The molecule has 0 radical (unpaired) electrons. The number of hydrogen-bond acceptors (Lipinski definition) is 5. The van der Waals surface area contributed by atoms with Gasteiger partial charge in [0.15, 0.2) is 0 Å². The highest BCUT2D eigenvalue weighted by Gasteiger charge is 2.09. The van der Waals surface area contributed by atoms with Gasteiger partial charge in [0.25, 0.3) is 5.91 Å². The second kappa shape index (κ2) is 8.15. The molecule has 2 aromatic rings. The molecule has 0 aromatic heterocycles. The fraction of sp³-hybridized carbons (Fsp3) is 0.0556. The van der Waals surface area contributed by atoms with Crippen molar-refractivity contribution in [2.45, 2.75) is 0 Å². The standard InChI is InChI=1S/C18H15N3O3/c1-24-18(23)13-6-5-9-16(10-13)20-12-14(11-19)17(22)21-15-7-3-2-4-8-15/h2-10,12,20H,1H3,(H,21,22). The Morgan fingerprint density at radius 2 is 1.79 bits per heavy atom. The predicted octanol–water partition coefficient (Wildman–Crippen LogP) is 2.93. The highest BCUT2D eigenvalue weighted by molar-refractivity contribution is 6.06. The van der Waals surface area contributed by atoms with Gasteiger partial charge in [-0.15, -0.1) is 0 Å². The number of carbonyl (C=O) groups excluding carboxylic acids is 2. The van der Waals surface area contributed by atoms with E-state index in [4.69, 9.17) is 5.26 Å². The minimum absolute atomic E-state index is 0.0951. The molecule has 0 aliphatic heterocycles. The van der Waals surface area contributed by atoms with Crippen molar-refractivity contribution < 1.29 is 14.3 Å². The van der Waals surface area contributed by atoms with Crippen LogP contribution < -0.4 is 10.6 Å². The Morgan fingerprint density at radius 1 is 1.08 bits per heavy atom. The Bertz CT molecular complexity index is 808. The molecule has 1 amide bonds. The molecule has 2 rings (SSSR count). The van der Waals surface area contributed by atoms with Crippen molar-refractivity contribution in [3.8, 4) is 6.07 Å². The molecule has 0 heterocycles. The van der Waals surface area contributed by atoms with E-state index in [9.17, 15) is 9.59 Å². The number of nitrogens with zero attached hydrogens (tertiary/aromatic N) is 1. The summed E-state index contributed by atoms with van der Waals surface area (Å²) in [5.41, 5.74) is 1.42. The van der Waals surface area contributed by atoms with E-state index in [1.807, 2.05) is 12.1 Å². The minimum atomic E-state index is -0.527. The Morgan fingerprint density at radius 3 is 2.46 bits per heavy atom. The Kier molecular flexibility index (Phi) is 5.70. The van der Waals surface area contributed by atoms with Crippen molar-refractivity contribution in [3.05, 3.63) is 71.9 Å². The summed E-state index contributed by atoms with van der Waals surface area (Å²) in [4.78, 5) is 23.6. The smallest absolute Gasteiger partial charge is 0.337 e. The zero-order chi connectivity index (χ0) is 17.4. The quantitative estimate of drug-likeness (QED) is 0.502. The maximum atomic E-state index is 12.1. The summed E-state index contributed by atoms with van der Waals surface area (Å²) in [7, 11) is 1.30. The number of rotatable bonds is 5. The number of nitriles is 1. The molecule has 24 heavy (non-hydrogen) atoms. The number of benzene rings is 2. The van der Waals surface area contributed by atoms with E-state index in [1.165, 1.54) is 13.3 Å². The lowest BCUT2D eigenvalue weighted by Gasteiger charge is -2.06. The van der Waals surface area contributed by atoms with Crippen LogP contribution in [0.2, 0.25) is 0 Å². The molecule has 0 atom stereocenters. The van der Waals surface area contributed by atoms with Gasteiger partial charge < -0.3 is 15.4 Å². The molecule has 6 nitrogen and oxygen atoms in total. The number of carbonyl (C=O) groups is 2. The zero-order valence-electron chi connectivity index (χ0n) is 12.9. The normalized spacial score (nSPS) is 10.4. The molecular formula is C18H15N3O3. The first-order chi connectivity index (χ1) is 11.6. The summed E-state index contributed by atoms with van der Waals surface area (Å²) in [5, 5.41) is 14.6. The topological polar surface area (TPSA) is 91.2 Å². The van der Waals surface area contributed by atoms with Crippen LogP contribution in [0.4, 0.5) is 11.4 Å². The van der Waals surface area contributed by atoms with Gasteiger partial charge in [-0.3, -0.25) is 4.79 Å². The van der Waals surface area contributed by atoms with Gasteiger partial charge in [0, 0.05) is 17.6 Å². The second-order valence-electron chi connectivity index (χ2n) is 4.71. The molecule has 0 fully saturated rings. The van der Waals surface area contributed by atoms with Gasteiger partial charge in [-0.2, -0.15) is 5.26 Å². The van der Waals surface area contributed by atoms with Crippen LogP contribution in [0.3, 0.4) is 0 Å². The Labute approximate surface area is 139 Å². The lowest BCUT2D eigenvalue weighted by atomic mass is 10.2. The average molecular weight is 321 g/mol. The van der Waals surface area contributed by atoms with Gasteiger partial charge in [0.2, 0.25) is 0 Å². The molecule has 0 saturated heterocycles. The fourth-order valence-corrected chi connectivity index (χ4v) is 1.88.